The summed E-state index contributed by atoms with van der Waals surface area (Å²) in [5.74, 6) is 1.58. The number of aromatic nitrogens is 1. The van der Waals surface area contributed by atoms with Crippen LogP contribution in [0.5, 0.6) is 5.75 Å². The highest BCUT2D eigenvalue weighted by molar-refractivity contribution is 7.98. The molecule has 4 heteroatoms. The fourth-order valence-electron chi connectivity index (χ4n) is 1.49. The molecule has 3 nitrogen and oxygen atoms in total. The van der Waals surface area contributed by atoms with Crippen LogP contribution in [-0.2, 0) is 5.75 Å². The molecule has 0 N–H and O–H groups in total. The lowest BCUT2D eigenvalue weighted by Gasteiger charge is -2.04. The number of thioether (sulfide) groups is 1. The predicted molar refractivity (Wildman–Crippen MR) is 71.5 cm³/mol. The Morgan fingerprint density at radius 2 is 2.06 bits per heavy atom. The van der Waals surface area contributed by atoms with Crippen molar-refractivity contribution in [2.24, 2.45) is 0 Å². The minimum absolute atomic E-state index is 0.499. The Labute approximate surface area is 110 Å². The van der Waals surface area contributed by atoms with Gasteiger partial charge in [-0.3, -0.25) is 0 Å². The van der Waals surface area contributed by atoms with Gasteiger partial charge < -0.3 is 4.74 Å². The maximum atomic E-state index is 8.95. The van der Waals surface area contributed by atoms with E-state index >= 15 is 0 Å². The van der Waals surface area contributed by atoms with Gasteiger partial charge in [0.2, 0.25) is 0 Å². The molecule has 0 saturated carbocycles. The Balaban J connectivity index is 2.05. The molecule has 90 valence electrons. The summed E-state index contributed by atoms with van der Waals surface area (Å²) < 4.78 is 5.11. The third kappa shape index (κ3) is 3.02. The maximum absolute atomic E-state index is 8.95. The van der Waals surface area contributed by atoms with Crippen LogP contribution in [-0.4, -0.2) is 12.1 Å². The number of nitriles is 1. The summed E-state index contributed by atoms with van der Waals surface area (Å²) in [7, 11) is 1.65. The van der Waals surface area contributed by atoms with E-state index in [1.165, 1.54) is 0 Å². The van der Waals surface area contributed by atoms with Crippen molar-refractivity contribution in [2.75, 3.05) is 7.11 Å². The SMILES string of the molecule is COc1ccc(SCc2cccnc2C#N)cc1. The Morgan fingerprint density at radius 1 is 1.28 bits per heavy atom. The van der Waals surface area contributed by atoms with Crippen molar-refractivity contribution in [3.05, 3.63) is 53.9 Å². The summed E-state index contributed by atoms with van der Waals surface area (Å²) in [5, 5.41) is 8.95. The molecule has 2 aromatic rings. The number of nitrogens with zero attached hydrogens (tertiary/aromatic N) is 2. The van der Waals surface area contributed by atoms with Gasteiger partial charge >= 0.3 is 0 Å². The zero-order valence-corrected chi connectivity index (χ0v) is 10.8. The van der Waals surface area contributed by atoms with E-state index < -0.39 is 0 Å². The summed E-state index contributed by atoms with van der Waals surface area (Å²) in [4.78, 5) is 5.18. The smallest absolute Gasteiger partial charge is 0.144 e. The third-order valence-corrected chi connectivity index (χ3v) is 3.51. The molecular formula is C14H12N2OS. The highest BCUT2D eigenvalue weighted by atomic mass is 32.2. The first-order valence-corrected chi connectivity index (χ1v) is 6.43. The van der Waals surface area contributed by atoms with Gasteiger partial charge in [-0.15, -0.1) is 11.8 Å². The van der Waals surface area contributed by atoms with Crippen LogP contribution in [0.1, 0.15) is 11.3 Å². The summed E-state index contributed by atoms with van der Waals surface area (Å²) >= 11 is 1.68. The first-order chi connectivity index (χ1) is 8.83. The summed E-state index contributed by atoms with van der Waals surface area (Å²) in [6.45, 7) is 0. The highest BCUT2D eigenvalue weighted by Gasteiger charge is 2.03. The van der Waals surface area contributed by atoms with Crippen LogP contribution in [0.2, 0.25) is 0 Å². The number of benzene rings is 1. The topological polar surface area (TPSA) is 45.9 Å². The van der Waals surface area contributed by atoms with E-state index in [9.17, 15) is 0 Å². The Morgan fingerprint density at radius 3 is 2.72 bits per heavy atom. The molecule has 1 heterocycles. The first-order valence-electron chi connectivity index (χ1n) is 5.44. The van der Waals surface area contributed by atoms with Crippen molar-refractivity contribution >= 4 is 11.8 Å². The van der Waals surface area contributed by atoms with Gasteiger partial charge in [0.25, 0.3) is 0 Å². The number of hydrogen-bond acceptors (Lipinski definition) is 4. The number of ether oxygens (including phenoxy) is 1. The van der Waals surface area contributed by atoms with Gasteiger partial charge in [0.15, 0.2) is 0 Å². The Kier molecular flexibility index (Phi) is 4.21. The first kappa shape index (κ1) is 12.5. The van der Waals surface area contributed by atoms with E-state index in [-0.39, 0.29) is 0 Å². The molecule has 0 unspecified atom stereocenters. The van der Waals surface area contributed by atoms with E-state index in [0.29, 0.717) is 5.69 Å². The number of methoxy groups -OCH3 is 1. The molecule has 2 rings (SSSR count). The van der Waals surface area contributed by atoms with Crippen LogP contribution in [0.4, 0.5) is 0 Å². The quantitative estimate of drug-likeness (QED) is 0.788. The third-order valence-electron chi connectivity index (χ3n) is 2.45. The summed E-state index contributed by atoms with van der Waals surface area (Å²) in [5.41, 5.74) is 1.46. The minimum atomic E-state index is 0.499. The van der Waals surface area contributed by atoms with Crippen molar-refractivity contribution < 1.29 is 4.74 Å². The van der Waals surface area contributed by atoms with Gasteiger partial charge in [-0.25, -0.2) is 4.98 Å². The summed E-state index contributed by atoms with van der Waals surface area (Å²) in [6, 6.07) is 13.8. The molecule has 0 fully saturated rings. The largest absolute Gasteiger partial charge is 0.497 e. The van der Waals surface area contributed by atoms with Crippen molar-refractivity contribution in [2.45, 2.75) is 10.6 Å². The van der Waals surface area contributed by atoms with Crippen molar-refractivity contribution in [3.63, 3.8) is 0 Å². The zero-order chi connectivity index (χ0) is 12.8. The average molecular weight is 256 g/mol. The van der Waals surface area contributed by atoms with Gasteiger partial charge in [0.05, 0.1) is 7.11 Å². The van der Waals surface area contributed by atoms with Gasteiger partial charge in [-0.1, -0.05) is 6.07 Å². The van der Waals surface area contributed by atoms with Crippen molar-refractivity contribution in [3.8, 4) is 11.8 Å². The van der Waals surface area contributed by atoms with Gasteiger partial charge in [-0.05, 0) is 35.9 Å². The molecule has 0 aliphatic heterocycles. The minimum Gasteiger partial charge on any atom is -0.497 e. The van der Waals surface area contributed by atoms with Crippen LogP contribution in [0.25, 0.3) is 0 Å². The lowest BCUT2D eigenvalue weighted by Crippen LogP contribution is -1.90. The second-order valence-corrected chi connectivity index (χ2v) is 4.64. The van der Waals surface area contributed by atoms with Crippen LogP contribution in [0.15, 0.2) is 47.5 Å². The van der Waals surface area contributed by atoms with E-state index in [2.05, 4.69) is 11.1 Å². The van der Waals surface area contributed by atoms with Gasteiger partial charge in [0, 0.05) is 16.8 Å². The fraction of sp³-hybridized carbons (Fsp3) is 0.143. The highest BCUT2D eigenvalue weighted by Crippen LogP contribution is 2.25. The lowest BCUT2D eigenvalue weighted by atomic mass is 10.2. The molecule has 0 amide bonds. The number of pyridine rings is 1. The Hall–Kier alpha value is -1.99. The van der Waals surface area contributed by atoms with Crippen molar-refractivity contribution in [1.29, 1.82) is 5.26 Å². The molecular weight excluding hydrogens is 244 g/mol. The number of hydrogen-bond donors (Lipinski definition) is 0. The molecule has 1 aromatic carbocycles. The fourth-order valence-corrected chi connectivity index (χ4v) is 2.37. The molecule has 0 aliphatic carbocycles. The molecule has 18 heavy (non-hydrogen) atoms. The van der Waals surface area contributed by atoms with Gasteiger partial charge in [-0.2, -0.15) is 5.26 Å². The van der Waals surface area contributed by atoms with E-state index in [1.54, 1.807) is 25.1 Å². The van der Waals surface area contributed by atoms with Crippen LogP contribution in [0, 0.1) is 11.3 Å². The lowest BCUT2D eigenvalue weighted by molar-refractivity contribution is 0.414. The molecule has 0 atom stereocenters. The normalized spacial score (nSPS) is 9.78. The predicted octanol–water partition coefficient (Wildman–Crippen LogP) is 3.25. The molecule has 0 aliphatic rings. The van der Waals surface area contributed by atoms with Crippen LogP contribution >= 0.6 is 11.8 Å². The molecule has 0 radical (unpaired) electrons. The molecule has 1 aromatic heterocycles. The summed E-state index contributed by atoms with van der Waals surface area (Å²) in [6.07, 6.45) is 1.64. The molecule has 0 spiro atoms. The zero-order valence-electron chi connectivity index (χ0n) is 9.96. The van der Waals surface area contributed by atoms with E-state index in [1.807, 2.05) is 36.4 Å². The van der Waals surface area contributed by atoms with Crippen LogP contribution < -0.4 is 4.74 Å². The monoisotopic (exact) mass is 256 g/mol. The second-order valence-electron chi connectivity index (χ2n) is 3.59. The standard InChI is InChI=1S/C14H12N2OS/c1-17-12-4-6-13(7-5-12)18-10-11-3-2-8-16-14(11)9-15/h2-8H,10H2,1H3. The van der Waals surface area contributed by atoms with Crippen molar-refractivity contribution in [1.82, 2.24) is 4.98 Å². The van der Waals surface area contributed by atoms with E-state index in [0.717, 1.165) is 22.0 Å². The van der Waals surface area contributed by atoms with Crippen LogP contribution in [0.3, 0.4) is 0 Å². The maximum Gasteiger partial charge on any atom is 0.144 e. The average Bonchev–Trinajstić information content (AvgIpc) is 2.46. The van der Waals surface area contributed by atoms with Gasteiger partial charge in [0.1, 0.15) is 17.5 Å². The molecule has 0 bridgehead atoms. The molecule has 0 saturated heterocycles. The van der Waals surface area contributed by atoms with E-state index in [4.69, 9.17) is 10.00 Å². The Bertz CT molecular complexity index is 561. The second kappa shape index (κ2) is 6.08. The number of rotatable bonds is 4.